The summed E-state index contributed by atoms with van der Waals surface area (Å²) in [4.78, 5) is 11.8. The summed E-state index contributed by atoms with van der Waals surface area (Å²) in [5.74, 6) is 0.354. The Kier molecular flexibility index (Phi) is 4.05. The molecule has 2 rings (SSSR count). The van der Waals surface area contributed by atoms with Crippen LogP contribution in [0.25, 0.3) is 0 Å². The molecule has 0 spiro atoms. The van der Waals surface area contributed by atoms with Crippen LogP contribution in [0.3, 0.4) is 0 Å². The summed E-state index contributed by atoms with van der Waals surface area (Å²) in [7, 11) is 0. The maximum atomic E-state index is 11.8. The van der Waals surface area contributed by atoms with E-state index in [-0.39, 0.29) is 12.1 Å². The highest BCUT2D eigenvalue weighted by atomic mass is 16.5. The van der Waals surface area contributed by atoms with Crippen LogP contribution in [0.2, 0.25) is 0 Å². The van der Waals surface area contributed by atoms with Crippen molar-refractivity contribution in [2.24, 2.45) is 5.73 Å². The summed E-state index contributed by atoms with van der Waals surface area (Å²) in [6.07, 6.45) is 0. The minimum absolute atomic E-state index is 0.0299. The number of anilines is 2. The second-order valence-electron chi connectivity index (χ2n) is 4.71. The van der Waals surface area contributed by atoms with Gasteiger partial charge in [0, 0.05) is 17.3 Å². The second-order valence-corrected chi connectivity index (χ2v) is 4.71. The molecule has 2 amide bonds. The predicted octanol–water partition coefficient (Wildman–Crippen LogP) is 2.96. The summed E-state index contributed by atoms with van der Waals surface area (Å²) < 4.78 is 5.02. The van der Waals surface area contributed by atoms with Crippen molar-refractivity contribution in [1.29, 1.82) is 0 Å². The number of nitrogens with one attached hydrogen (secondary N) is 2. The Balaban J connectivity index is 1.99. The predicted molar refractivity (Wildman–Crippen MR) is 77.7 cm³/mol. The Morgan fingerprint density at radius 1 is 1.25 bits per heavy atom. The van der Waals surface area contributed by atoms with Gasteiger partial charge < -0.3 is 15.6 Å². The molecule has 0 saturated heterocycles. The third kappa shape index (κ3) is 3.16. The van der Waals surface area contributed by atoms with Gasteiger partial charge in [0.25, 0.3) is 0 Å². The Hall–Kier alpha value is -2.34. The van der Waals surface area contributed by atoms with Gasteiger partial charge >= 0.3 is 6.03 Å². The first-order chi connectivity index (χ1) is 9.47. The topological polar surface area (TPSA) is 93.2 Å². The van der Waals surface area contributed by atoms with Crippen LogP contribution >= 0.6 is 0 Å². The molecule has 0 aliphatic carbocycles. The van der Waals surface area contributed by atoms with Crippen LogP contribution in [0.4, 0.5) is 16.4 Å². The Morgan fingerprint density at radius 2 is 1.90 bits per heavy atom. The van der Waals surface area contributed by atoms with E-state index in [9.17, 15) is 4.79 Å². The van der Waals surface area contributed by atoms with Gasteiger partial charge in [-0.1, -0.05) is 17.3 Å². The summed E-state index contributed by atoms with van der Waals surface area (Å²) in [6.45, 7) is 5.55. The zero-order valence-electron chi connectivity index (χ0n) is 11.7. The molecule has 4 N–H and O–H groups in total. The van der Waals surface area contributed by atoms with Crippen molar-refractivity contribution < 1.29 is 9.32 Å². The molecule has 0 bridgehead atoms. The molecule has 6 nitrogen and oxygen atoms in total. The van der Waals surface area contributed by atoms with Crippen molar-refractivity contribution in [3.05, 3.63) is 41.1 Å². The van der Waals surface area contributed by atoms with Crippen molar-refractivity contribution in [2.75, 3.05) is 10.6 Å². The Morgan fingerprint density at radius 3 is 2.40 bits per heavy atom. The molecule has 1 unspecified atom stereocenters. The first kappa shape index (κ1) is 14.1. The number of nitrogens with two attached hydrogens (primary N) is 1. The van der Waals surface area contributed by atoms with Gasteiger partial charge in [0.1, 0.15) is 0 Å². The average molecular weight is 274 g/mol. The van der Waals surface area contributed by atoms with E-state index in [0.717, 1.165) is 16.8 Å². The maximum Gasteiger partial charge on any atom is 0.326 e. The molecule has 106 valence electrons. The summed E-state index contributed by atoms with van der Waals surface area (Å²) in [5, 5.41) is 9.10. The van der Waals surface area contributed by atoms with Gasteiger partial charge in [-0.25, -0.2) is 4.79 Å². The quantitative estimate of drug-likeness (QED) is 0.802. The fraction of sp³-hybridized carbons (Fsp3) is 0.286. The average Bonchev–Trinajstić information content (AvgIpc) is 2.71. The molecule has 0 aliphatic rings. The molecule has 0 aliphatic heterocycles. The van der Waals surface area contributed by atoms with Crippen molar-refractivity contribution in [2.45, 2.75) is 26.8 Å². The lowest BCUT2D eigenvalue weighted by Crippen LogP contribution is -2.19. The lowest BCUT2D eigenvalue weighted by Gasteiger charge is -2.08. The molecule has 0 saturated carbocycles. The van der Waals surface area contributed by atoms with Crippen LogP contribution in [-0.2, 0) is 0 Å². The van der Waals surface area contributed by atoms with E-state index in [1.165, 1.54) is 0 Å². The first-order valence-electron chi connectivity index (χ1n) is 6.34. The highest BCUT2D eigenvalue weighted by Gasteiger charge is 2.11. The monoisotopic (exact) mass is 274 g/mol. The molecule has 2 aromatic rings. The third-order valence-corrected chi connectivity index (χ3v) is 3.08. The molecular formula is C14H18N4O2. The van der Waals surface area contributed by atoms with E-state index in [2.05, 4.69) is 15.8 Å². The fourth-order valence-corrected chi connectivity index (χ4v) is 1.67. The number of nitrogens with zero attached hydrogens (tertiary/aromatic N) is 1. The van der Waals surface area contributed by atoms with Crippen molar-refractivity contribution >= 4 is 17.6 Å². The van der Waals surface area contributed by atoms with E-state index < -0.39 is 0 Å². The molecule has 0 radical (unpaired) electrons. The van der Waals surface area contributed by atoms with Crippen LogP contribution in [0.1, 0.15) is 29.8 Å². The number of rotatable bonds is 3. The lowest BCUT2D eigenvalue weighted by atomic mass is 10.1. The summed E-state index contributed by atoms with van der Waals surface area (Å²) in [5.41, 5.74) is 9.02. The van der Waals surface area contributed by atoms with Crippen LogP contribution < -0.4 is 16.4 Å². The minimum atomic E-state index is -0.377. The number of amides is 2. The summed E-state index contributed by atoms with van der Waals surface area (Å²) >= 11 is 0. The highest BCUT2D eigenvalue weighted by Crippen LogP contribution is 2.18. The smallest absolute Gasteiger partial charge is 0.326 e. The first-order valence-corrected chi connectivity index (χ1v) is 6.34. The Bertz CT molecular complexity index is 602. The van der Waals surface area contributed by atoms with E-state index in [1.807, 2.05) is 32.9 Å². The number of hydrogen-bond acceptors (Lipinski definition) is 4. The van der Waals surface area contributed by atoms with E-state index >= 15 is 0 Å². The van der Waals surface area contributed by atoms with Gasteiger partial charge in [0.15, 0.2) is 0 Å². The number of aromatic nitrogens is 1. The molecule has 0 fully saturated rings. The van der Waals surface area contributed by atoms with Crippen LogP contribution in [0.5, 0.6) is 0 Å². The zero-order valence-corrected chi connectivity index (χ0v) is 11.7. The van der Waals surface area contributed by atoms with Crippen LogP contribution in [0, 0.1) is 13.8 Å². The van der Waals surface area contributed by atoms with Gasteiger partial charge in [-0.3, -0.25) is 5.32 Å². The van der Waals surface area contributed by atoms with Crippen molar-refractivity contribution in [3.8, 4) is 0 Å². The van der Waals surface area contributed by atoms with Gasteiger partial charge in [-0.05, 0) is 38.5 Å². The lowest BCUT2D eigenvalue weighted by molar-refractivity contribution is 0.261. The van der Waals surface area contributed by atoms with Gasteiger partial charge in [0.2, 0.25) is 5.88 Å². The van der Waals surface area contributed by atoms with E-state index in [0.29, 0.717) is 11.6 Å². The molecule has 1 aromatic heterocycles. The number of urea groups is 1. The standard InChI is InChI=1S/C14H18N4O2/c1-8-10(3)18-20-13(8)17-14(19)16-12-6-4-11(5-7-12)9(2)15/h4-7,9H,15H2,1-3H3,(H2,16,17,19). The van der Waals surface area contributed by atoms with Crippen LogP contribution in [-0.4, -0.2) is 11.2 Å². The highest BCUT2D eigenvalue weighted by molar-refractivity contribution is 5.99. The van der Waals surface area contributed by atoms with Gasteiger partial charge in [0.05, 0.1) is 5.69 Å². The number of carbonyl (C=O) groups excluding carboxylic acids is 1. The SMILES string of the molecule is Cc1noc(NC(=O)Nc2ccc(C(C)N)cc2)c1C. The normalized spacial score (nSPS) is 12.0. The van der Waals surface area contributed by atoms with E-state index in [1.54, 1.807) is 12.1 Å². The minimum Gasteiger partial charge on any atom is -0.338 e. The molecule has 6 heteroatoms. The molecular weight excluding hydrogens is 256 g/mol. The van der Waals surface area contributed by atoms with Crippen molar-refractivity contribution in [3.63, 3.8) is 0 Å². The zero-order chi connectivity index (χ0) is 14.7. The molecule has 1 aromatic carbocycles. The van der Waals surface area contributed by atoms with Gasteiger partial charge in [-0.15, -0.1) is 0 Å². The second kappa shape index (κ2) is 5.75. The molecule has 1 atom stereocenters. The largest absolute Gasteiger partial charge is 0.338 e. The fourth-order valence-electron chi connectivity index (χ4n) is 1.67. The van der Waals surface area contributed by atoms with Gasteiger partial charge in [-0.2, -0.15) is 0 Å². The summed E-state index contributed by atoms with van der Waals surface area (Å²) in [6, 6.07) is 6.96. The maximum absolute atomic E-state index is 11.8. The Labute approximate surface area is 117 Å². The number of aryl methyl sites for hydroxylation is 1. The third-order valence-electron chi connectivity index (χ3n) is 3.08. The van der Waals surface area contributed by atoms with Crippen molar-refractivity contribution in [1.82, 2.24) is 5.16 Å². The molecule has 20 heavy (non-hydrogen) atoms. The number of hydrogen-bond donors (Lipinski definition) is 3. The van der Waals surface area contributed by atoms with Crippen LogP contribution in [0.15, 0.2) is 28.8 Å². The number of carbonyl (C=O) groups is 1. The number of benzene rings is 1. The van der Waals surface area contributed by atoms with E-state index in [4.69, 9.17) is 10.3 Å². The molecule has 1 heterocycles.